The number of furan rings is 1. The normalized spacial score (nSPS) is 23.6. The molecule has 0 saturated carbocycles. The Morgan fingerprint density at radius 2 is 1.24 bits per heavy atom. The van der Waals surface area contributed by atoms with E-state index in [-0.39, 0.29) is 0 Å². The molecule has 0 N–H and O–H groups in total. The quantitative estimate of drug-likeness (QED) is 0.198. The molecule has 0 bridgehead atoms. The highest BCUT2D eigenvalue weighted by molar-refractivity contribution is 6.20. The van der Waals surface area contributed by atoms with Crippen molar-refractivity contribution in [2.45, 2.75) is 19.1 Å². The van der Waals surface area contributed by atoms with Gasteiger partial charge >= 0.3 is 0 Å². The van der Waals surface area contributed by atoms with Gasteiger partial charge in [0, 0.05) is 46.6 Å². The molecular weight excluding hydrogens is 546 g/mol. The summed E-state index contributed by atoms with van der Waals surface area (Å²) in [6.45, 7) is -7.98. The third-order valence-corrected chi connectivity index (χ3v) is 7.25. The Labute approximate surface area is 306 Å². The molecule has 2 heteroatoms. The Balaban J connectivity index is 1.62. The van der Waals surface area contributed by atoms with Crippen molar-refractivity contribution in [3.05, 3.63) is 162 Å². The summed E-state index contributed by atoms with van der Waals surface area (Å²) in [7, 11) is 0. The number of fused-ring (bicyclic) bond motifs is 8. The Bertz CT molecular complexity index is 3970. The maximum absolute atomic E-state index is 10.1. The third kappa shape index (κ3) is 3.89. The molecular formula is C43H31NO. The van der Waals surface area contributed by atoms with Crippen LogP contribution in [0.25, 0.3) is 55.0 Å². The van der Waals surface area contributed by atoms with Gasteiger partial charge in [-0.05, 0) is 75.7 Å². The van der Waals surface area contributed by atoms with Crippen LogP contribution < -0.4 is 4.90 Å². The first kappa shape index (κ1) is 9.45. The molecule has 1 aromatic heterocycles. The van der Waals surface area contributed by atoms with Crippen molar-refractivity contribution < 1.29 is 46.9 Å². The van der Waals surface area contributed by atoms with Crippen molar-refractivity contribution in [1.29, 1.82) is 0 Å². The van der Waals surface area contributed by atoms with Gasteiger partial charge in [-0.25, -0.2) is 0 Å². The van der Waals surface area contributed by atoms with Gasteiger partial charge in [0.1, 0.15) is 11.2 Å². The molecule has 0 fully saturated rings. The zero-order valence-corrected chi connectivity index (χ0v) is 22.4. The Morgan fingerprint density at radius 1 is 0.533 bits per heavy atom. The molecule has 1 aliphatic rings. The number of para-hydroxylation sites is 1. The van der Waals surface area contributed by atoms with Crippen molar-refractivity contribution >= 4 is 49.8 Å². The number of hydrogen-bond acceptors (Lipinski definition) is 2. The first-order valence-electron chi connectivity index (χ1n) is 28.6. The van der Waals surface area contributed by atoms with Crippen LogP contribution in [0.3, 0.4) is 0 Å². The summed E-state index contributed by atoms with van der Waals surface area (Å²) < 4.78 is 284. The largest absolute Gasteiger partial charge is 0.455 e. The van der Waals surface area contributed by atoms with Crippen LogP contribution >= 0.6 is 0 Å². The lowest BCUT2D eigenvalue weighted by Crippen LogP contribution is -2.16. The minimum absolute atomic E-state index is 0.301. The second-order valence-corrected chi connectivity index (χ2v) is 9.77. The van der Waals surface area contributed by atoms with E-state index in [1.165, 1.54) is 0 Å². The van der Waals surface area contributed by atoms with Gasteiger partial charge in [-0.3, -0.25) is 0 Å². The monoisotopic (exact) mass is 608 g/mol. The number of rotatable bonds is 4. The van der Waals surface area contributed by atoms with Gasteiger partial charge < -0.3 is 9.32 Å². The smallest absolute Gasteiger partial charge is 0.143 e. The van der Waals surface area contributed by atoms with Crippen LogP contribution in [0.4, 0.5) is 17.1 Å². The van der Waals surface area contributed by atoms with Crippen LogP contribution in [0.15, 0.2) is 155 Å². The summed E-state index contributed by atoms with van der Waals surface area (Å²) in [6.07, 6.45) is 0. The van der Waals surface area contributed by atoms with Crippen LogP contribution in [-0.4, -0.2) is 0 Å². The van der Waals surface area contributed by atoms with Crippen LogP contribution in [0.5, 0.6) is 0 Å². The molecule has 0 spiro atoms. The number of benzene rings is 7. The van der Waals surface area contributed by atoms with E-state index in [0.29, 0.717) is 4.90 Å². The second kappa shape index (κ2) is 9.70. The summed E-state index contributed by atoms with van der Waals surface area (Å²) in [5.41, 5.74) is -14.8. The predicted molar refractivity (Wildman–Crippen MR) is 189 cm³/mol. The minimum atomic E-state index is -3.99. The maximum atomic E-state index is 10.1. The molecule has 7 aromatic carbocycles. The lowest BCUT2D eigenvalue weighted by molar-refractivity contribution is 0.660. The molecule has 0 atom stereocenters. The Kier molecular flexibility index (Phi) is 2.04. The summed E-state index contributed by atoms with van der Waals surface area (Å²) in [5, 5.41) is -3.23. The maximum Gasteiger partial charge on any atom is 0.143 e. The highest BCUT2D eigenvalue weighted by Crippen LogP contribution is 2.51. The fourth-order valence-electron chi connectivity index (χ4n) is 5.29. The molecule has 214 valence electrons. The molecule has 0 saturated heterocycles. The minimum Gasteiger partial charge on any atom is -0.455 e. The second-order valence-electron chi connectivity index (χ2n) is 9.77. The Morgan fingerprint density at radius 3 is 2.07 bits per heavy atom. The molecule has 0 radical (unpaired) electrons. The van der Waals surface area contributed by atoms with Crippen LogP contribution in [0, 0.1) is 0 Å². The molecule has 0 unspecified atom stereocenters. The van der Waals surface area contributed by atoms with Crippen molar-refractivity contribution in [3.63, 3.8) is 0 Å². The van der Waals surface area contributed by atoms with Crippen molar-refractivity contribution in [2.75, 3.05) is 4.90 Å². The SMILES string of the molecule is [2H]c1c([2H])c([2H])c(-c2c([2H])c([2H])c3oc4c5c([2H])c([2H])c([2H])c([2H])c5c(N(c5c([2H])c([2H])c([2H])c([2H])c5[2H])c5c([2H])c([2H])c6c(c5[2H])C(C([2H])([2H])[2H])(C([2H])([2H])[2H])c5c([2H])c([2H])c([2H])c([2H])c5-6)c([2H])c4c3c2[2H])c([2H])c1[2H]. The fourth-order valence-corrected chi connectivity index (χ4v) is 5.29. The van der Waals surface area contributed by atoms with E-state index in [9.17, 15) is 12.3 Å². The van der Waals surface area contributed by atoms with Crippen LogP contribution in [0.1, 0.15) is 67.3 Å². The lowest BCUT2D eigenvalue weighted by atomic mass is 9.82. The topological polar surface area (TPSA) is 16.4 Å². The van der Waals surface area contributed by atoms with Gasteiger partial charge in [-0.2, -0.15) is 0 Å². The average molecular weight is 609 g/mol. The zero-order valence-electron chi connectivity index (χ0n) is 53.4. The van der Waals surface area contributed by atoms with Gasteiger partial charge in [0.2, 0.25) is 0 Å². The van der Waals surface area contributed by atoms with Gasteiger partial charge in [-0.15, -0.1) is 0 Å². The van der Waals surface area contributed by atoms with Gasteiger partial charge in [-0.1, -0.05) is 122 Å². The van der Waals surface area contributed by atoms with Gasteiger partial charge in [0.25, 0.3) is 0 Å². The van der Waals surface area contributed by atoms with E-state index in [1.807, 2.05) is 0 Å². The molecule has 1 heterocycles. The van der Waals surface area contributed by atoms with E-state index in [1.54, 1.807) is 0 Å². The molecule has 0 amide bonds. The first-order chi connectivity index (χ1) is 35.0. The highest BCUT2D eigenvalue weighted by atomic mass is 16.3. The van der Waals surface area contributed by atoms with E-state index >= 15 is 0 Å². The molecule has 8 aromatic rings. The molecule has 45 heavy (non-hydrogen) atoms. The highest BCUT2D eigenvalue weighted by Gasteiger charge is 2.35. The molecule has 2 nitrogen and oxygen atoms in total. The van der Waals surface area contributed by atoms with Gasteiger partial charge in [0.05, 0.1) is 40.0 Å². The fraction of sp³-hybridized carbons (Fsp3) is 0.0698. The predicted octanol–water partition coefficient (Wildman–Crippen LogP) is 12.2. The van der Waals surface area contributed by atoms with E-state index < -0.39 is 253 Å². The summed E-state index contributed by atoms with van der Waals surface area (Å²) in [5.74, 6) is 0. The Hall–Kier alpha value is -5.60. The van der Waals surface area contributed by atoms with Crippen LogP contribution in [0.2, 0.25) is 0 Å². The summed E-state index contributed by atoms with van der Waals surface area (Å²) >= 11 is 0. The van der Waals surface area contributed by atoms with Crippen LogP contribution in [-0.2, 0) is 5.41 Å². The number of hydrogen-bond donors (Lipinski definition) is 0. The summed E-state index contributed by atoms with van der Waals surface area (Å²) in [4.78, 5) is 0.301. The zero-order chi connectivity index (χ0) is 56.9. The number of anilines is 3. The van der Waals surface area contributed by atoms with E-state index in [2.05, 4.69) is 0 Å². The van der Waals surface area contributed by atoms with E-state index in [4.69, 9.17) is 34.6 Å². The van der Waals surface area contributed by atoms with Gasteiger partial charge in [0.15, 0.2) is 0 Å². The molecule has 0 aliphatic heterocycles. The number of nitrogens with zero attached hydrogens (tertiary/aromatic N) is 1. The summed E-state index contributed by atoms with van der Waals surface area (Å²) in [6, 6.07) is -27.6. The van der Waals surface area contributed by atoms with E-state index in [0.717, 1.165) is 0 Å². The molecule has 9 rings (SSSR count). The van der Waals surface area contributed by atoms with Crippen molar-refractivity contribution in [3.8, 4) is 22.3 Å². The lowest BCUT2D eigenvalue weighted by Gasteiger charge is -2.29. The standard InChI is InChI=1S/C43H31NO/c1-43(2)38-20-12-11-17-32(38)33-23-22-31(26-39(33)43)44(30-15-7-4-8-16-30)40-27-37-36-25-29(28-13-5-3-6-14-28)21-24-41(36)45-42(37)35-19-10-9-18-34(35)40/h3-27H,1-2H3/i1D3,2D3,3D,4D,5D,6D,7D,8D,9D,10D,11D,12D,13D,14D,15D,16D,17D,18D,19D,20D,21D,22D,23D,24D,25D,26D,27D. The van der Waals surface area contributed by atoms with Crippen molar-refractivity contribution in [1.82, 2.24) is 0 Å². The average Bonchev–Trinajstić information content (AvgIpc) is 4.04. The van der Waals surface area contributed by atoms with Crippen molar-refractivity contribution in [2.24, 2.45) is 0 Å². The molecule has 1 aliphatic carbocycles. The third-order valence-electron chi connectivity index (χ3n) is 7.25. The first-order valence-corrected chi connectivity index (χ1v) is 13.1.